The fourth-order valence-corrected chi connectivity index (χ4v) is 3.10. The average Bonchev–Trinajstić information content (AvgIpc) is 3.25. The molecule has 1 aromatic heterocycles. The van der Waals surface area contributed by atoms with Crippen molar-refractivity contribution in [1.29, 1.82) is 0 Å². The molecule has 134 valence electrons. The maximum Gasteiger partial charge on any atom is 0.319 e. The van der Waals surface area contributed by atoms with Crippen molar-refractivity contribution in [2.24, 2.45) is 0 Å². The molecule has 1 aliphatic carbocycles. The van der Waals surface area contributed by atoms with Gasteiger partial charge in [0.2, 0.25) is 0 Å². The van der Waals surface area contributed by atoms with Gasteiger partial charge in [-0.05, 0) is 51.7 Å². The van der Waals surface area contributed by atoms with Crippen LogP contribution in [0.4, 0.5) is 10.5 Å². The molecule has 1 saturated carbocycles. The number of amides is 2. The van der Waals surface area contributed by atoms with Crippen LogP contribution in [0, 0.1) is 6.92 Å². The summed E-state index contributed by atoms with van der Waals surface area (Å²) in [5, 5.41) is 9.86. The number of ether oxygens (including phenoxy) is 1. The minimum atomic E-state index is -0.242. The van der Waals surface area contributed by atoms with E-state index in [0.717, 1.165) is 29.8 Å². The van der Waals surface area contributed by atoms with Gasteiger partial charge < -0.3 is 15.4 Å². The molecule has 0 spiro atoms. The third-order valence-corrected chi connectivity index (χ3v) is 4.43. The van der Waals surface area contributed by atoms with Gasteiger partial charge in [-0.2, -0.15) is 5.10 Å². The molecule has 1 atom stereocenters. The summed E-state index contributed by atoms with van der Waals surface area (Å²) in [5.74, 6) is 0.848. The number of anilines is 1. The number of hydrogen-bond donors (Lipinski definition) is 2. The highest BCUT2D eigenvalue weighted by Gasteiger charge is 2.18. The SMILES string of the molecule is Cc1c(NC(=O)NC(C)Cn2cncn2)cccc1OC1CCCC1. The summed E-state index contributed by atoms with van der Waals surface area (Å²) in [6, 6.07) is 5.45. The number of hydrogen-bond acceptors (Lipinski definition) is 4. The Morgan fingerprint density at radius 3 is 2.92 bits per heavy atom. The van der Waals surface area contributed by atoms with Crippen molar-refractivity contribution in [3.05, 3.63) is 36.4 Å². The van der Waals surface area contributed by atoms with Crippen LogP contribution in [-0.4, -0.2) is 32.9 Å². The second-order valence-electron chi connectivity index (χ2n) is 6.57. The summed E-state index contributed by atoms with van der Waals surface area (Å²) in [6.07, 6.45) is 8.08. The standard InChI is InChI=1S/C18H25N5O2/c1-13(10-23-12-19-11-20-23)21-18(24)22-16-8-5-9-17(14(16)2)25-15-6-3-4-7-15/h5,8-9,11-13,15H,3-4,6-7,10H2,1-2H3,(H2,21,22,24). The molecule has 1 unspecified atom stereocenters. The van der Waals surface area contributed by atoms with Gasteiger partial charge in [0.25, 0.3) is 0 Å². The third kappa shape index (κ3) is 4.71. The van der Waals surface area contributed by atoms with Gasteiger partial charge in [-0.1, -0.05) is 6.07 Å². The summed E-state index contributed by atoms with van der Waals surface area (Å²) >= 11 is 0. The van der Waals surface area contributed by atoms with E-state index in [1.165, 1.54) is 19.2 Å². The molecule has 1 aromatic carbocycles. The third-order valence-electron chi connectivity index (χ3n) is 4.43. The lowest BCUT2D eigenvalue weighted by atomic mass is 10.1. The lowest BCUT2D eigenvalue weighted by molar-refractivity contribution is 0.209. The van der Waals surface area contributed by atoms with Crippen molar-refractivity contribution in [1.82, 2.24) is 20.1 Å². The van der Waals surface area contributed by atoms with Crippen LogP contribution in [0.5, 0.6) is 5.75 Å². The summed E-state index contributed by atoms with van der Waals surface area (Å²) < 4.78 is 7.78. The van der Waals surface area contributed by atoms with E-state index in [1.54, 1.807) is 11.0 Å². The van der Waals surface area contributed by atoms with Gasteiger partial charge in [-0.25, -0.2) is 9.78 Å². The number of aromatic nitrogens is 3. The molecular weight excluding hydrogens is 318 g/mol. The molecule has 1 fully saturated rings. The zero-order valence-corrected chi connectivity index (χ0v) is 14.7. The first kappa shape index (κ1) is 17.3. The molecule has 0 saturated heterocycles. The molecule has 1 heterocycles. The first-order valence-corrected chi connectivity index (χ1v) is 8.78. The van der Waals surface area contributed by atoms with Crippen LogP contribution in [0.25, 0.3) is 0 Å². The first-order valence-electron chi connectivity index (χ1n) is 8.78. The molecule has 0 radical (unpaired) electrons. The Bertz CT molecular complexity index is 695. The van der Waals surface area contributed by atoms with Crippen LogP contribution in [0.1, 0.15) is 38.2 Å². The highest BCUT2D eigenvalue weighted by Crippen LogP contribution is 2.30. The number of urea groups is 1. The van der Waals surface area contributed by atoms with Gasteiger partial charge in [0, 0.05) is 17.3 Å². The highest BCUT2D eigenvalue weighted by molar-refractivity contribution is 5.90. The van der Waals surface area contributed by atoms with Gasteiger partial charge in [-0.15, -0.1) is 0 Å². The van der Waals surface area contributed by atoms with Gasteiger partial charge in [0.15, 0.2) is 0 Å². The fraction of sp³-hybridized carbons (Fsp3) is 0.500. The Balaban J connectivity index is 1.56. The smallest absolute Gasteiger partial charge is 0.319 e. The Morgan fingerprint density at radius 1 is 1.40 bits per heavy atom. The van der Waals surface area contributed by atoms with Crippen molar-refractivity contribution in [2.75, 3.05) is 5.32 Å². The predicted molar refractivity (Wildman–Crippen MR) is 95.7 cm³/mol. The zero-order chi connectivity index (χ0) is 17.6. The quantitative estimate of drug-likeness (QED) is 0.844. The van der Waals surface area contributed by atoms with Gasteiger partial charge >= 0.3 is 6.03 Å². The fourth-order valence-electron chi connectivity index (χ4n) is 3.10. The van der Waals surface area contributed by atoms with Crippen LogP contribution in [-0.2, 0) is 6.54 Å². The average molecular weight is 343 g/mol. The van der Waals surface area contributed by atoms with Crippen LogP contribution in [0.15, 0.2) is 30.9 Å². The van der Waals surface area contributed by atoms with Crippen molar-refractivity contribution < 1.29 is 9.53 Å². The summed E-state index contributed by atoms with van der Waals surface area (Å²) in [5.41, 5.74) is 1.72. The number of rotatable bonds is 6. The lowest BCUT2D eigenvalue weighted by Gasteiger charge is -2.18. The Labute approximate surface area is 147 Å². The van der Waals surface area contributed by atoms with Crippen molar-refractivity contribution in [2.45, 2.75) is 58.2 Å². The van der Waals surface area contributed by atoms with Gasteiger partial charge in [0.05, 0.1) is 12.6 Å². The number of nitrogens with zero attached hydrogens (tertiary/aromatic N) is 3. The van der Waals surface area contributed by atoms with Crippen molar-refractivity contribution >= 4 is 11.7 Å². The molecule has 2 amide bonds. The monoisotopic (exact) mass is 343 g/mol. The number of carbonyl (C=O) groups excluding carboxylic acids is 1. The second kappa shape index (κ2) is 8.00. The minimum Gasteiger partial charge on any atom is -0.490 e. The first-order chi connectivity index (χ1) is 12.1. The molecule has 3 rings (SSSR count). The van der Waals surface area contributed by atoms with Gasteiger partial charge in [-0.3, -0.25) is 4.68 Å². The lowest BCUT2D eigenvalue weighted by Crippen LogP contribution is -2.38. The number of carbonyl (C=O) groups is 1. The van der Waals surface area contributed by atoms with E-state index in [9.17, 15) is 4.79 Å². The second-order valence-corrected chi connectivity index (χ2v) is 6.57. The Kier molecular flexibility index (Phi) is 5.53. The van der Waals surface area contributed by atoms with E-state index >= 15 is 0 Å². The predicted octanol–water partition coefficient (Wildman–Crippen LogP) is 3.12. The van der Waals surface area contributed by atoms with E-state index in [2.05, 4.69) is 20.7 Å². The molecule has 25 heavy (non-hydrogen) atoms. The zero-order valence-electron chi connectivity index (χ0n) is 14.7. The number of nitrogens with one attached hydrogen (secondary N) is 2. The molecule has 7 nitrogen and oxygen atoms in total. The van der Waals surface area contributed by atoms with E-state index in [1.807, 2.05) is 32.0 Å². The number of benzene rings is 1. The van der Waals surface area contributed by atoms with E-state index in [0.29, 0.717) is 12.6 Å². The summed E-state index contributed by atoms with van der Waals surface area (Å²) in [4.78, 5) is 16.1. The van der Waals surface area contributed by atoms with Crippen LogP contribution in [0.2, 0.25) is 0 Å². The van der Waals surface area contributed by atoms with E-state index in [4.69, 9.17) is 4.74 Å². The summed E-state index contributed by atoms with van der Waals surface area (Å²) in [6.45, 7) is 4.46. The maximum absolute atomic E-state index is 12.3. The molecule has 7 heteroatoms. The Hall–Kier alpha value is -2.57. The van der Waals surface area contributed by atoms with Crippen LogP contribution < -0.4 is 15.4 Å². The minimum absolute atomic E-state index is 0.0695. The van der Waals surface area contributed by atoms with E-state index < -0.39 is 0 Å². The molecule has 2 aromatic rings. The van der Waals surface area contributed by atoms with Crippen molar-refractivity contribution in [3.8, 4) is 5.75 Å². The van der Waals surface area contributed by atoms with Crippen molar-refractivity contribution in [3.63, 3.8) is 0 Å². The molecule has 1 aliphatic rings. The topological polar surface area (TPSA) is 81.1 Å². The molecular formula is C18H25N5O2. The van der Waals surface area contributed by atoms with Crippen LogP contribution in [0.3, 0.4) is 0 Å². The largest absolute Gasteiger partial charge is 0.490 e. The van der Waals surface area contributed by atoms with E-state index in [-0.39, 0.29) is 12.1 Å². The molecule has 0 aliphatic heterocycles. The highest BCUT2D eigenvalue weighted by atomic mass is 16.5. The normalized spacial score (nSPS) is 15.8. The van der Waals surface area contributed by atoms with Crippen LogP contribution >= 0.6 is 0 Å². The van der Waals surface area contributed by atoms with Gasteiger partial charge in [0.1, 0.15) is 18.4 Å². The maximum atomic E-state index is 12.3. The summed E-state index contributed by atoms with van der Waals surface area (Å²) in [7, 11) is 0. The molecule has 0 bridgehead atoms. The Morgan fingerprint density at radius 2 is 2.20 bits per heavy atom. The molecule has 2 N–H and O–H groups in total.